The van der Waals surface area contributed by atoms with Crippen molar-refractivity contribution >= 4 is 5.97 Å². The molecule has 0 atom stereocenters. The topological polar surface area (TPSA) is 63.3 Å². The molecule has 0 fully saturated rings. The summed E-state index contributed by atoms with van der Waals surface area (Å²) in [7, 11) is 0. The van der Waals surface area contributed by atoms with Crippen LogP contribution in [0.5, 0.6) is 0 Å². The third-order valence-corrected chi connectivity index (χ3v) is 0.998. The number of hydrogen-bond donors (Lipinski definition) is 2. The van der Waals surface area contributed by atoms with E-state index < -0.39 is 29.8 Å². The van der Waals surface area contributed by atoms with E-state index in [9.17, 15) is 26.7 Å². The fraction of sp³-hybridized carbons (Fsp3) is 0.400. The Hall–Kier alpha value is -1.34. The van der Waals surface area contributed by atoms with E-state index in [1.165, 1.54) is 0 Å². The summed E-state index contributed by atoms with van der Waals surface area (Å²) < 4.78 is 58.6. The van der Waals surface area contributed by atoms with Gasteiger partial charge in [0.25, 0.3) is 0 Å². The number of nitrogens with two attached hydrogens (primary N) is 1. The molecule has 0 radical (unpaired) electrons. The lowest BCUT2D eigenvalue weighted by Gasteiger charge is -2.19. The molecule has 0 bridgehead atoms. The van der Waals surface area contributed by atoms with Gasteiger partial charge in [0.15, 0.2) is 0 Å². The standard InChI is InChI=1S/C5H4F5NO2/c6-4(7,5(8,9)10)2(11)1-3(12)13/h1H,11H2,(H,12,13). The quantitative estimate of drug-likeness (QED) is 0.524. The molecule has 0 aromatic carbocycles. The van der Waals surface area contributed by atoms with Crippen LogP contribution in [-0.2, 0) is 4.79 Å². The second-order valence-corrected chi connectivity index (χ2v) is 2.01. The van der Waals surface area contributed by atoms with Gasteiger partial charge in [0.1, 0.15) is 0 Å². The van der Waals surface area contributed by atoms with Crippen molar-refractivity contribution in [2.24, 2.45) is 5.73 Å². The van der Waals surface area contributed by atoms with E-state index in [-0.39, 0.29) is 0 Å². The van der Waals surface area contributed by atoms with Gasteiger partial charge in [0.2, 0.25) is 0 Å². The summed E-state index contributed by atoms with van der Waals surface area (Å²) in [6, 6.07) is 0. The molecular formula is C5H4F5NO2. The smallest absolute Gasteiger partial charge is 0.459 e. The predicted molar refractivity (Wildman–Crippen MR) is 30.9 cm³/mol. The molecular weight excluding hydrogens is 201 g/mol. The number of hydrogen-bond acceptors (Lipinski definition) is 2. The second-order valence-electron chi connectivity index (χ2n) is 2.01. The van der Waals surface area contributed by atoms with E-state index in [1.54, 1.807) is 0 Å². The first kappa shape index (κ1) is 11.7. The van der Waals surface area contributed by atoms with Crippen LogP contribution in [0, 0.1) is 0 Å². The molecule has 0 amide bonds. The molecule has 0 saturated carbocycles. The van der Waals surface area contributed by atoms with Crippen LogP contribution in [-0.4, -0.2) is 23.2 Å². The first-order valence-electron chi connectivity index (χ1n) is 2.74. The Balaban J connectivity index is 4.95. The number of carbonyl (C=O) groups is 1. The summed E-state index contributed by atoms with van der Waals surface area (Å²) in [6.45, 7) is 0. The van der Waals surface area contributed by atoms with Gasteiger partial charge in [-0.05, 0) is 0 Å². The van der Waals surface area contributed by atoms with Crippen molar-refractivity contribution < 1.29 is 31.9 Å². The molecule has 0 aliphatic rings. The Bertz CT molecular complexity index is 244. The van der Waals surface area contributed by atoms with Gasteiger partial charge in [-0.15, -0.1) is 0 Å². The van der Waals surface area contributed by atoms with Gasteiger partial charge in [0, 0.05) is 6.08 Å². The number of carboxylic acid groups (broad SMARTS) is 1. The highest BCUT2D eigenvalue weighted by Gasteiger charge is 2.59. The number of carboxylic acids is 1. The Morgan fingerprint density at radius 2 is 1.62 bits per heavy atom. The van der Waals surface area contributed by atoms with E-state index in [2.05, 4.69) is 5.73 Å². The Labute approximate surface area is 68.6 Å². The van der Waals surface area contributed by atoms with Crippen LogP contribution in [0.1, 0.15) is 0 Å². The van der Waals surface area contributed by atoms with Gasteiger partial charge in [-0.1, -0.05) is 0 Å². The molecule has 3 N–H and O–H groups in total. The van der Waals surface area contributed by atoms with Crippen molar-refractivity contribution in [2.75, 3.05) is 0 Å². The summed E-state index contributed by atoms with van der Waals surface area (Å²) in [4.78, 5) is 9.73. The summed E-state index contributed by atoms with van der Waals surface area (Å²) >= 11 is 0. The third-order valence-electron chi connectivity index (χ3n) is 0.998. The lowest BCUT2D eigenvalue weighted by atomic mass is 10.2. The lowest BCUT2D eigenvalue weighted by Crippen LogP contribution is -2.41. The molecule has 76 valence electrons. The maximum absolute atomic E-state index is 12.1. The van der Waals surface area contributed by atoms with Gasteiger partial charge in [-0.25, -0.2) is 4.79 Å². The van der Waals surface area contributed by atoms with E-state index in [0.717, 1.165) is 0 Å². The van der Waals surface area contributed by atoms with Gasteiger partial charge in [-0.3, -0.25) is 0 Å². The van der Waals surface area contributed by atoms with Crippen LogP contribution >= 0.6 is 0 Å². The van der Waals surface area contributed by atoms with E-state index in [1.807, 2.05) is 0 Å². The minimum Gasteiger partial charge on any atom is -0.478 e. The number of allylic oxidation sites excluding steroid dienone is 1. The normalized spacial score (nSPS) is 14.4. The highest BCUT2D eigenvalue weighted by molar-refractivity contribution is 5.80. The minimum atomic E-state index is -5.89. The van der Waals surface area contributed by atoms with Gasteiger partial charge in [0.05, 0.1) is 5.70 Å². The van der Waals surface area contributed by atoms with Gasteiger partial charge < -0.3 is 10.8 Å². The van der Waals surface area contributed by atoms with E-state index >= 15 is 0 Å². The number of halogens is 5. The molecule has 8 heteroatoms. The van der Waals surface area contributed by atoms with Crippen molar-refractivity contribution in [1.29, 1.82) is 0 Å². The Kier molecular flexibility index (Phi) is 2.86. The van der Waals surface area contributed by atoms with Crippen LogP contribution in [0.2, 0.25) is 0 Å². The number of aliphatic carboxylic acids is 1. The molecule has 0 aliphatic carbocycles. The monoisotopic (exact) mass is 205 g/mol. The summed E-state index contributed by atoms with van der Waals surface area (Å²) in [6.07, 6.45) is -6.28. The average molecular weight is 205 g/mol. The number of alkyl halides is 5. The number of rotatable bonds is 2. The van der Waals surface area contributed by atoms with Crippen molar-refractivity contribution in [1.82, 2.24) is 0 Å². The maximum atomic E-state index is 12.1. The molecule has 3 nitrogen and oxygen atoms in total. The molecule has 0 unspecified atom stereocenters. The highest BCUT2D eigenvalue weighted by atomic mass is 19.4. The molecule has 0 heterocycles. The average Bonchev–Trinajstić information content (AvgIpc) is 1.82. The Morgan fingerprint density at radius 1 is 1.23 bits per heavy atom. The summed E-state index contributed by atoms with van der Waals surface area (Å²) in [5, 5.41) is 7.86. The third kappa shape index (κ3) is 2.56. The maximum Gasteiger partial charge on any atom is 0.459 e. The van der Waals surface area contributed by atoms with Crippen LogP contribution in [0.15, 0.2) is 11.8 Å². The zero-order valence-electron chi connectivity index (χ0n) is 5.90. The minimum absolute atomic E-state index is 0.395. The molecule has 0 aromatic rings. The molecule has 13 heavy (non-hydrogen) atoms. The van der Waals surface area contributed by atoms with Crippen LogP contribution in [0.4, 0.5) is 22.0 Å². The van der Waals surface area contributed by atoms with Crippen molar-refractivity contribution in [3.8, 4) is 0 Å². The van der Waals surface area contributed by atoms with Crippen LogP contribution in [0.25, 0.3) is 0 Å². The molecule has 0 spiro atoms. The predicted octanol–water partition coefficient (Wildman–Crippen LogP) is 1.11. The van der Waals surface area contributed by atoms with E-state index in [0.29, 0.717) is 0 Å². The summed E-state index contributed by atoms with van der Waals surface area (Å²) in [5.74, 6) is -7.28. The first-order valence-corrected chi connectivity index (χ1v) is 2.74. The highest BCUT2D eigenvalue weighted by Crippen LogP contribution is 2.38. The fourth-order valence-electron chi connectivity index (χ4n) is 0.387. The van der Waals surface area contributed by atoms with Crippen LogP contribution < -0.4 is 5.73 Å². The van der Waals surface area contributed by atoms with E-state index in [4.69, 9.17) is 5.11 Å². The molecule has 0 saturated heterocycles. The fourth-order valence-corrected chi connectivity index (χ4v) is 0.387. The lowest BCUT2D eigenvalue weighted by molar-refractivity contribution is -0.264. The molecule has 0 aliphatic heterocycles. The second kappa shape index (κ2) is 3.19. The zero-order valence-corrected chi connectivity index (χ0v) is 5.90. The summed E-state index contributed by atoms with van der Waals surface area (Å²) in [5.41, 5.74) is 2.20. The van der Waals surface area contributed by atoms with Crippen molar-refractivity contribution in [2.45, 2.75) is 12.1 Å². The largest absolute Gasteiger partial charge is 0.478 e. The van der Waals surface area contributed by atoms with Gasteiger partial charge >= 0.3 is 18.1 Å². The van der Waals surface area contributed by atoms with Crippen LogP contribution in [0.3, 0.4) is 0 Å². The first-order chi connectivity index (χ1) is 5.59. The molecule has 0 rings (SSSR count). The van der Waals surface area contributed by atoms with Crippen molar-refractivity contribution in [3.05, 3.63) is 11.8 Å². The Morgan fingerprint density at radius 3 is 1.85 bits per heavy atom. The van der Waals surface area contributed by atoms with Gasteiger partial charge in [-0.2, -0.15) is 22.0 Å². The SMILES string of the molecule is NC(=CC(=O)O)C(F)(F)C(F)(F)F. The van der Waals surface area contributed by atoms with Crippen molar-refractivity contribution in [3.63, 3.8) is 0 Å². The zero-order chi connectivity index (χ0) is 10.9. The molecule has 0 aromatic heterocycles.